The SMILES string of the molecule is C[C@@](N)([SeH])C(=O)O. The molecule has 0 radical (unpaired) electrons. The minimum atomic E-state index is -1.15. The number of carboxylic acids is 1. The van der Waals surface area contributed by atoms with Gasteiger partial charge in [-0.3, -0.25) is 0 Å². The molecule has 0 rings (SSSR count). The molecule has 3 N–H and O–H groups in total. The summed E-state index contributed by atoms with van der Waals surface area (Å²) < 4.78 is -1.15. The van der Waals surface area contributed by atoms with Crippen LogP contribution in [-0.4, -0.2) is 31.5 Å². The summed E-state index contributed by atoms with van der Waals surface area (Å²) >= 11 is 1.87. The van der Waals surface area contributed by atoms with Crippen molar-refractivity contribution in [2.24, 2.45) is 5.73 Å². The maximum absolute atomic E-state index is 9.88. The molecule has 0 aliphatic heterocycles. The summed E-state index contributed by atoms with van der Waals surface area (Å²) in [6.07, 6.45) is 0. The zero-order valence-electron chi connectivity index (χ0n) is 3.88. The van der Waals surface area contributed by atoms with Gasteiger partial charge in [0.15, 0.2) is 0 Å². The predicted molar refractivity (Wildman–Crippen MR) is 27.4 cm³/mol. The van der Waals surface area contributed by atoms with Gasteiger partial charge in [0.1, 0.15) is 0 Å². The van der Waals surface area contributed by atoms with Gasteiger partial charge in [0.25, 0.3) is 0 Å². The Morgan fingerprint density at radius 3 is 2.14 bits per heavy atom. The van der Waals surface area contributed by atoms with Crippen LogP contribution in [-0.2, 0) is 4.79 Å². The van der Waals surface area contributed by atoms with Gasteiger partial charge in [0.2, 0.25) is 0 Å². The molecule has 0 heterocycles. The Bertz CT molecular complexity index is 85.4. The number of hydrogen-bond acceptors (Lipinski definition) is 2. The molecule has 0 unspecified atom stereocenters. The van der Waals surface area contributed by atoms with Crippen LogP contribution in [0, 0.1) is 0 Å². The molecule has 1 atom stereocenters. The topological polar surface area (TPSA) is 63.3 Å². The summed E-state index contributed by atoms with van der Waals surface area (Å²) in [5.41, 5.74) is 5.05. The number of carbonyl (C=O) groups is 1. The minimum absolute atomic E-state index is 1.01. The molecule has 0 aliphatic rings. The van der Waals surface area contributed by atoms with E-state index >= 15 is 0 Å². The third-order valence-electron chi connectivity index (χ3n) is 0.433. The van der Waals surface area contributed by atoms with Gasteiger partial charge in [-0.1, -0.05) is 0 Å². The van der Waals surface area contributed by atoms with Crippen LogP contribution in [0.25, 0.3) is 0 Å². The maximum atomic E-state index is 9.88. The van der Waals surface area contributed by atoms with Gasteiger partial charge in [0.05, 0.1) is 0 Å². The number of rotatable bonds is 1. The molecule has 0 amide bonds. The Balaban J connectivity index is 3.79. The molecule has 0 aromatic rings. The predicted octanol–water partition coefficient (Wildman–Crippen LogP) is -1.35. The van der Waals surface area contributed by atoms with Gasteiger partial charge in [-0.2, -0.15) is 0 Å². The average Bonchev–Trinajstić information content (AvgIpc) is 1.31. The fourth-order valence-electron chi connectivity index (χ4n) is 0. The Morgan fingerprint density at radius 1 is 2.00 bits per heavy atom. The van der Waals surface area contributed by atoms with E-state index in [1.807, 2.05) is 16.0 Å². The van der Waals surface area contributed by atoms with E-state index in [0.717, 1.165) is 0 Å². The molecule has 0 fully saturated rings. The van der Waals surface area contributed by atoms with Gasteiger partial charge >= 0.3 is 49.0 Å². The van der Waals surface area contributed by atoms with Crippen LogP contribution in [0.2, 0.25) is 0 Å². The van der Waals surface area contributed by atoms with Crippen LogP contribution in [0.1, 0.15) is 6.92 Å². The number of hydrogen-bond donors (Lipinski definition) is 2. The van der Waals surface area contributed by atoms with Crippen molar-refractivity contribution in [2.45, 2.75) is 11.4 Å². The van der Waals surface area contributed by atoms with Crippen LogP contribution in [0.15, 0.2) is 0 Å². The molecule has 3 nitrogen and oxygen atoms in total. The number of nitrogens with two attached hydrogens (primary N) is 1. The van der Waals surface area contributed by atoms with Gasteiger partial charge in [-0.25, -0.2) is 0 Å². The Morgan fingerprint density at radius 2 is 2.14 bits per heavy atom. The monoisotopic (exact) mass is 169 g/mol. The third kappa shape index (κ3) is 2.62. The summed E-state index contributed by atoms with van der Waals surface area (Å²) in [4.78, 5) is 9.88. The summed E-state index contributed by atoms with van der Waals surface area (Å²) in [5, 5.41) is 8.11. The molecule has 0 spiro atoms. The standard InChI is InChI=1S/C3H7NO2Se/c1-3(4,7)2(5)6/h7H,4H2,1H3,(H,5,6)/t3-/m1/s1. The van der Waals surface area contributed by atoms with Crippen molar-refractivity contribution < 1.29 is 9.90 Å². The zero-order valence-corrected chi connectivity index (χ0v) is 5.76. The van der Waals surface area contributed by atoms with Crippen LogP contribution in [0.3, 0.4) is 0 Å². The van der Waals surface area contributed by atoms with Crippen molar-refractivity contribution >= 4 is 22.0 Å². The molecule has 0 bridgehead atoms. The molecule has 0 saturated carbocycles. The molecule has 0 aliphatic carbocycles. The van der Waals surface area contributed by atoms with E-state index in [-0.39, 0.29) is 0 Å². The Kier molecular flexibility index (Phi) is 1.81. The summed E-state index contributed by atoms with van der Waals surface area (Å²) in [5.74, 6) is -1.01. The first-order valence-corrected chi connectivity index (χ1v) is 2.63. The van der Waals surface area contributed by atoms with E-state index in [0.29, 0.717) is 0 Å². The second-order valence-electron chi connectivity index (χ2n) is 1.45. The van der Waals surface area contributed by atoms with Crippen LogP contribution in [0.5, 0.6) is 0 Å². The number of carboxylic acid groups (broad SMARTS) is 1. The van der Waals surface area contributed by atoms with Crippen LogP contribution in [0.4, 0.5) is 0 Å². The van der Waals surface area contributed by atoms with Gasteiger partial charge in [0, 0.05) is 0 Å². The van der Waals surface area contributed by atoms with E-state index < -0.39 is 10.4 Å². The molecule has 0 saturated heterocycles. The Labute approximate surface area is 49.7 Å². The van der Waals surface area contributed by atoms with Crippen LogP contribution < -0.4 is 5.73 Å². The normalized spacial score (nSPS) is 18.1. The molecular formula is C3H7NO2Se. The quantitative estimate of drug-likeness (QED) is 0.475. The van der Waals surface area contributed by atoms with Crippen molar-refractivity contribution in [2.75, 3.05) is 0 Å². The first-order chi connectivity index (χ1) is 2.94. The van der Waals surface area contributed by atoms with E-state index in [4.69, 9.17) is 10.8 Å². The fraction of sp³-hybridized carbons (Fsp3) is 0.667. The van der Waals surface area contributed by atoms with Gasteiger partial charge in [-0.05, 0) is 0 Å². The second-order valence-corrected chi connectivity index (χ2v) is 3.40. The zero-order chi connectivity index (χ0) is 6.08. The molecule has 4 heteroatoms. The van der Waals surface area contributed by atoms with Gasteiger partial charge in [-0.15, -0.1) is 0 Å². The summed E-state index contributed by atoms with van der Waals surface area (Å²) in [6, 6.07) is 0. The third-order valence-corrected chi connectivity index (χ3v) is 0.834. The number of aliphatic carboxylic acids is 1. The van der Waals surface area contributed by atoms with E-state index in [2.05, 4.69) is 0 Å². The Hall–Kier alpha value is -0.0505. The molecular weight excluding hydrogens is 161 g/mol. The van der Waals surface area contributed by atoms with Gasteiger partial charge < -0.3 is 0 Å². The van der Waals surface area contributed by atoms with Crippen molar-refractivity contribution in [3.63, 3.8) is 0 Å². The molecule has 7 heavy (non-hydrogen) atoms. The van der Waals surface area contributed by atoms with E-state index in [1.165, 1.54) is 6.92 Å². The van der Waals surface area contributed by atoms with E-state index in [9.17, 15) is 4.79 Å². The van der Waals surface area contributed by atoms with Crippen molar-refractivity contribution in [1.82, 2.24) is 0 Å². The van der Waals surface area contributed by atoms with Crippen molar-refractivity contribution in [3.05, 3.63) is 0 Å². The molecule has 0 aromatic carbocycles. The average molecular weight is 168 g/mol. The van der Waals surface area contributed by atoms with Crippen molar-refractivity contribution in [1.29, 1.82) is 0 Å². The van der Waals surface area contributed by atoms with E-state index in [1.54, 1.807) is 0 Å². The van der Waals surface area contributed by atoms with Crippen LogP contribution >= 0.6 is 0 Å². The molecule has 0 aromatic heterocycles. The first kappa shape index (κ1) is 6.95. The molecule has 42 valence electrons. The second kappa shape index (κ2) is 1.82. The van der Waals surface area contributed by atoms with Crippen molar-refractivity contribution in [3.8, 4) is 0 Å². The first-order valence-electron chi connectivity index (χ1n) is 1.69. The summed E-state index contributed by atoms with van der Waals surface area (Å²) in [7, 11) is 0. The fourth-order valence-corrected chi connectivity index (χ4v) is 0. The summed E-state index contributed by atoms with van der Waals surface area (Å²) in [6.45, 7) is 1.41.